The first-order valence-electron chi connectivity index (χ1n) is 3.70. The summed E-state index contributed by atoms with van der Waals surface area (Å²) in [6.07, 6.45) is 0. The monoisotopic (exact) mass is 173 g/mol. The predicted octanol–water partition coefficient (Wildman–Crippen LogP) is -1.46. The summed E-state index contributed by atoms with van der Waals surface area (Å²) in [5.41, 5.74) is 5.33. The zero-order valence-corrected chi connectivity index (χ0v) is 7.63. The maximum Gasteiger partial charge on any atom is 0.239 e. The van der Waals surface area contributed by atoms with Gasteiger partial charge in [-0.15, -0.1) is 0 Å². The van der Waals surface area contributed by atoms with Crippen LogP contribution in [0.25, 0.3) is 0 Å². The molecular weight excluding hydrogens is 158 g/mol. The highest BCUT2D eigenvalue weighted by Gasteiger charge is 2.14. The fourth-order valence-electron chi connectivity index (χ4n) is 0.720. The molecule has 5 heteroatoms. The maximum absolute atomic E-state index is 11.1. The van der Waals surface area contributed by atoms with Gasteiger partial charge in [0.15, 0.2) is 0 Å². The minimum absolute atomic E-state index is 0.0525. The Kier molecular flexibility index (Phi) is 4.28. The first kappa shape index (κ1) is 10.9. The molecule has 0 aliphatic carbocycles. The molecular formula is C7H15N3O2. The number of carbonyl (C=O) groups is 2. The van der Waals surface area contributed by atoms with E-state index >= 15 is 0 Å². The summed E-state index contributed by atoms with van der Waals surface area (Å²) in [7, 11) is 3.06. The summed E-state index contributed by atoms with van der Waals surface area (Å²) in [5, 5.41) is 2.42. The summed E-state index contributed by atoms with van der Waals surface area (Å²) >= 11 is 0. The van der Waals surface area contributed by atoms with Gasteiger partial charge in [0.2, 0.25) is 11.8 Å². The largest absolute Gasteiger partial charge is 0.358 e. The van der Waals surface area contributed by atoms with E-state index in [-0.39, 0.29) is 18.4 Å². The highest BCUT2D eigenvalue weighted by molar-refractivity contribution is 5.86. The first-order chi connectivity index (χ1) is 5.49. The topological polar surface area (TPSA) is 75.4 Å². The van der Waals surface area contributed by atoms with E-state index in [0.29, 0.717) is 0 Å². The lowest BCUT2D eigenvalue weighted by Crippen LogP contribution is -2.44. The average Bonchev–Trinajstić information content (AvgIpc) is 2.02. The SMILES string of the molecule is CNC(=O)CN(C)C(=O)[C@@H](C)N. The van der Waals surface area contributed by atoms with Gasteiger partial charge in [0, 0.05) is 14.1 Å². The van der Waals surface area contributed by atoms with Gasteiger partial charge >= 0.3 is 0 Å². The third-order valence-electron chi connectivity index (χ3n) is 1.43. The van der Waals surface area contributed by atoms with E-state index in [1.54, 1.807) is 14.0 Å². The highest BCUT2D eigenvalue weighted by atomic mass is 16.2. The Morgan fingerprint density at radius 3 is 2.42 bits per heavy atom. The van der Waals surface area contributed by atoms with E-state index < -0.39 is 6.04 Å². The Bertz CT molecular complexity index is 179. The van der Waals surface area contributed by atoms with Crippen molar-refractivity contribution < 1.29 is 9.59 Å². The summed E-state index contributed by atoms with van der Waals surface area (Å²) in [4.78, 5) is 23.2. The van der Waals surface area contributed by atoms with E-state index in [1.807, 2.05) is 0 Å². The van der Waals surface area contributed by atoms with E-state index in [1.165, 1.54) is 11.9 Å². The van der Waals surface area contributed by atoms with Crippen LogP contribution in [0.3, 0.4) is 0 Å². The van der Waals surface area contributed by atoms with Gasteiger partial charge in [-0.05, 0) is 6.92 Å². The molecule has 5 nitrogen and oxygen atoms in total. The normalized spacial score (nSPS) is 12.0. The van der Waals surface area contributed by atoms with Crippen LogP contribution in [0, 0.1) is 0 Å². The molecule has 0 rings (SSSR count). The quantitative estimate of drug-likeness (QED) is 0.547. The Morgan fingerprint density at radius 1 is 1.58 bits per heavy atom. The van der Waals surface area contributed by atoms with Crippen LogP contribution >= 0.6 is 0 Å². The van der Waals surface area contributed by atoms with Crippen molar-refractivity contribution in [1.29, 1.82) is 0 Å². The molecule has 0 aliphatic heterocycles. The lowest BCUT2D eigenvalue weighted by molar-refractivity contribution is -0.135. The molecule has 0 aromatic rings. The van der Waals surface area contributed by atoms with Crippen molar-refractivity contribution in [2.45, 2.75) is 13.0 Å². The molecule has 0 fully saturated rings. The lowest BCUT2D eigenvalue weighted by atomic mass is 10.3. The number of hydrogen-bond acceptors (Lipinski definition) is 3. The van der Waals surface area contributed by atoms with Crippen LogP contribution in [0.5, 0.6) is 0 Å². The lowest BCUT2D eigenvalue weighted by Gasteiger charge is -2.17. The van der Waals surface area contributed by atoms with Gasteiger partial charge in [0.25, 0.3) is 0 Å². The molecule has 0 aliphatic rings. The zero-order valence-electron chi connectivity index (χ0n) is 7.63. The second-order valence-corrected chi connectivity index (χ2v) is 2.66. The second-order valence-electron chi connectivity index (χ2n) is 2.66. The number of rotatable bonds is 3. The van der Waals surface area contributed by atoms with Crippen molar-refractivity contribution in [2.24, 2.45) is 5.73 Å². The second kappa shape index (κ2) is 4.71. The van der Waals surface area contributed by atoms with E-state index in [9.17, 15) is 9.59 Å². The van der Waals surface area contributed by atoms with E-state index in [0.717, 1.165) is 0 Å². The van der Waals surface area contributed by atoms with Crippen molar-refractivity contribution in [3.05, 3.63) is 0 Å². The van der Waals surface area contributed by atoms with E-state index in [2.05, 4.69) is 5.32 Å². The van der Waals surface area contributed by atoms with Crippen LogP contribution in [0.15, 0.2) is 0 Å². The standard InChI is InChI=1S/C7H15N3O2/c1-5(8)7(12)10(3)4-6(11)9-2/h5H,4,8H2,1-3H3,(H,9,11)/t5-/m1/s1. The third-order valence-corrected chi connectivity index (χ3v) is 1.43. The van der Waals surface area contributed by atoms with Gasteiger partial charge in [-0.3, -0.25) is 9.59 Å². The van der Waals surface area contributed by atoms with Crippen LogP contribution in [0.1, 0.15) is 6.92 Å². The third kappa shape index (κ3) is 3.34. The Hall–Kier alpha value is -1.10. The molecule has 0 aromatic carbocycles. The van der Waals surface area contributed by atoms with E-state index in [4.69, 9.17) is 5.73 Å². The van der Waals surface area contributed by atoms with Crippen LogP contribution in [0.4, 0.5) is 0 Å². The molecule has 0 unspecified atom stereocenters. The number of hydrogen-bond donors (Lipinski definition) is 2. The Morgan fingerprint density at radius 2 is 2.08 bits per heavy atom. The van der Waals surface area contributed by atoms with Crippen LogP contribution in [-0.2, 0) is 9.59 Å². The fourth-order valence-corrected chi connectivity index (χ4v) is 0.720. The Balaban J connectivity index is 3.95. The van der Waals surface area contributed by atoms with Crippen LogP contribution < -0.4 is 11.1 Å². The maximum atomic E-state index is 11.1. The van der Waals surface area contributed by atoms with Gasteiger partial charge < -0.3 is 16.0 Å². The van der Waals surface area contributed by atoms with Crippen molar-refractivity contribution in [3.63, 3.8) is 0 Å². The molecule has 70 valence electrons. The zero-order chi connectivity index (χ0) is 9.72. The number of nitrogens with one attached hydrogen (secondary N) is 1. The molecule has 0 saturated carbocycles. The minimum atomic E-state index is -0.556. The number of nitrogens with two attached hydrogens (primary N) is 1. The van der Waals surface area contributed by atoms with Gasteiger partial charge in [0.05, 0.1) is 12.6 Å². The molecule has 2 amide bonds. The molecule has 1 atom stereocenters. The minimum Gasteiger partial charge on any atom is -0.358 e. The van der Waals surface area contributed by atoms with Gasteiger partial charge in [-0.25, -0.2) is 0 Å². The highest BCUT2D eigenvalue weighted by Crippen LogP contribution is 1.87. The van der Waals surface area contributed by atoms with Crippen molar-refractivity contribution in [3.8, 4) is 0 Å². The summed E-state index contributed by atoms with van der Waals surface area (Å²) in [5.74, 6) is -0.440. The van der Waals surface area contributed by atoms with Crippen LogP contribution in [0.2, 0.25) is 0 Å². The molecule has 0 heterocycles. The first-order valence-corrected chi connectivity index (χ1v) is 3.70. The number of amides is 2. The predicted molar refractivity (Wildman–Crippen MR) is 45.4 cm³/mol. The van der Waals surface area contributed by atoms with Crippen molar-refractivity contribution in [1.82, 2.24) is 10.2 Å². The van der Waals surface area contributed by atoms with Gasteiger partial charge in [-0.2, -0.15) is 0 Å². The van der Waals surface area contributed by atoms with Gasteiger partial charge in [-0.1, -0.05) is 0 Å². The number of likely N-dealkylation sites (N-methyl/N-ethyl adjacent to an activating group) is 2. The smallest absolute Gasteiger partial charge is 0.239 e. The number of carbonyl (C=O) groups excluding carboxylic acids is 2. The molecule has 0 saturated heterocycles. The molecule has 3 N–H and O–H groups in total. The summed E-state index contributed by atoms with van der Waals surface area (Å²) in [6, 6.07) is -0.556. The molecule has 0 aromatic heterocycles. The summed E-state index contributed by atoms with van der Waals surface area (Å²) in [6.45, 7) is 1.64. The van der Waals surface area contributed by atoms with Crippen LogP contribution in [-0.4, -0.2) is 43.4 Å². The van der Waals surface area contributed by atoms with Gasteiger partial charge in [0.1, 0.15) is 0 Å². The molecule has 0 bridgehead atoms. The molecule has 12 heavy (non-hydrogen) atoms. The molecule has 0 radical (unpaired) electrons. The number of nitrogens with zero attached hydrogens (tertiary/aromatic N) is 1. The average molecular weight is 173 g/mol. The Labute approximate surface area is 71.9 Å². The van der Waals surface area contributed by atoms with Crippen molar-refractivity contribution >= 4 is 11.8 Å². The fraction of sp³-hybridized carbons (Fsp3) is 0.714. The summed E-state index contributed by atoms with van der Waals surface area (Å²) < 4.78 is 0. The van der Waals surface area contributed by atoms with Crippen molar-refractivity contribution in [2.75, 3.05) is 20.6 Å². The molecule has 0 spiro atoms.